The Bertz CT molecular complexity index is 1480. The van der Waals surface area contributed by atoms with Crippen molar-refractivity contribution < 1.29 is 57.1 Å². The predicted molar refractivity (Wildman–Crippen MR) is 157 cm³/mol. The van der Waals surface area contributed by atoms with Crippen molar-refractivity contribution in [3.8, 4) is 11.3 Å². The molecule has 0 bridgehead atoms. The molecular weight excluding hydrogens is 645 g/mol. The lowest BCUT2D eigenvalue weighted by atomic mass is 9.86. The van der Waals surface area contributed by atoms with Crippen molar-refractivity contribution in [3.63, 3.8) is 0 Å². The van der Waals surface area contributed by atoms with Crippen LogP contribution in [0.5, 0.6) is 0 Å². The maximum absolute atomic E-state index is 14.0. The van der Waals surface area contributed by atoms with Gasteiger partial charge in [-0.1, -0.05) is 10.4 Å². The minimum absolute atomic E-state index is 0.0298. The molecule has 6 atom stereocenters. The van der Waals surface area contributed by atoms with Gasteiger partial charge in [0.25, 0.3) is 0 Å². The van der Waals surface area contributed by atoms with Gasteiger partial charge in [0.15, 0.2) is 17.5 Å². The van der Waals surface area contributed by atoms with Crippen LogP contribution < -0.4 is 0 Å². The fourth-order valence-electron chi connectivity index (χ4n) is 6.68. The number of carbonyl (C=O) groups is 2. The number of carboxylic acid groups (broad SMARTS) is 1. The number of nitrogens with zero attached hydrogens (tertiary/aromatic N) is 6. The number of rotatable bonds is 9. The third-order valence-corrected chi connectivity index (χ3v) is 9.31. The number of morpholine rings is 1. The summed E-state index contributed by atoms with van der Waals surface area (Å²) >= 11 is 0. The van der Waals surface area contributed by atoms with Crippen molar-refractivity contribution in [2.24, 2.45) is 11.1 Å². The molecule has 1 aromatic heterocycles. The van der Waals surface area contributed by atoms with E-state index in [-0.39, 0.29) is 36.1 Å². The van der Waals surface area contributed by atoms with E-state index in [9.17, 15) is 38.1 Å². The molecule has 4 aliphatic heterocycles. The van der Waals surface area contributed by atoms with Crippen LogP contribution in [0.2, 0.25) is 0 Å². The molecule has 3 saturated heterocycles. The number of aliphatic hydroxyl groups is 2. The minimum atomic E-state index is -1.63. The van der Waals surface area contributed by atoms with Gasteiger partial charge in [-0.15, -0.1) is 5.10 Å². The second kappa shape index (κ2) is 14.7. The minimum Gasteiger partial charge on any atom is -0.465 e. The van der Waals surface area contributed by atoms with Crippen LogP contribution >= 0.6 is 0 Å². The number of aromatic nitrogens is 3. The molecule has 0 spiro atoms. The molecule has 0 aliphatic carbocycles. The third-order valence-electron chi connectivity index (χ3n) is 9.31. The van der Waals surface area contributed by atoms with Crippen molar-refractivity contribution in [3.05, 3.63) is 35.8 Å². The summed E-state index contributed by atoms with van der Waals surface area (Å²) in [6.45, 7) is 1.32. The van der Waals surface area contributed by atoms with E-state index in [1.807, 2.05) is 0 Å². The highest BCUT2D eigenvalue weighted by Gasteiger charge is 2.49. The molecule has 5 heterocycles. The van der Waals surface area contributed by atoms with Crippen LogP contribution in [0, 0.1) is 23.4 Å². The zero-order valence-electron chi connectivity index (χ0n) is 25.9. The Kier molecular flexibility index (Phi) is 10.4. The number of likely N-dealkylation sites (tertiary alicyclic amines) is 1. The van der Waals surface area contributed by atoms with Crippen molar-refractivity contribution in [2.75, 3.05) is 52.6 Å². The van der Waals surface area contributed by atoms with Crippen molar-refractivity contribution in [2.45, 2.75) is 62.2 Å². The molecule has 0 saturated carbocycles. The van der Waals surface area contributed by atoms with E-state index in [2.05, 4.69) is 15.5 Å². The van der Waals surface area contributed by atoms with E-state index in [0.29, 0.717) is 58.7 Å². The quantitative estimate of drug-likeness (QED) is 0.324. The monoisotopic (exact) mass is 682 g/mol. The number of amides is 2. The molecule has 18 heteroatoms. The van der Waals surface area contributed by atoms with Gasteiger partial charge in [-0.25, -0.2) is 22.6 Å². The highest BCUT2D eigenvalue weighted by Crippen LogP contribution is 2.37. The van der Waals surface area contributed by atoms with Gasteiger partial charge in [-0.2, -0.15) is 0 Å². The van der Waals surface area contributed by atoms with Crippen LogP contribution in [0.3, 0.4) is 0 Å². The summed E-state index contributed by atoms with van der Waals surface area (Å²) in [5.74, 6) is -4.74. The lowest BCUT2D eigenvalue weighted by Crippen LogP contribution is -2.58. The van der Waals surface area contributed by atoms with Gasteiger partial charge in [-0.05, 0) is 25.0 Å². The molecule has 48 heavy (non-hydrogen) atoms. The zero-order chi connectivity index (χ0) is 33.9. The van der Waals surface area contributed by atoms with Crippen LogP contribution in [-0.4, -0.2) is 141 Å². The maximum atomic E-state index is 14.0. The first-order valence-electron chi connectivity index (χ1n) is 15.8. The molecule has 2 aromatic rings. The van der Waals surface area contributed by atoms with Gasteiger partial charge in [0.1, 0.15) is 42.8 Å². The summed E-state index contributed by atoms with van der Waals surface area (Å²) in [6.07, 6.45) is -2.81. The Labute approximate surface area is 272 Å². The van der Waals surface area contributed by atoms with Crippen molar-refractivity contribution in [1.82, 2.24) is 24.8 Å². The first-order chi connectivity index (χ1) is 23.1. The zero-order valence-corrected chi connectivity index (χ0v) is 25.9. The number of ether oxygens (including phenoxy) is 3. The molecule has 4 aliphatic rings. The summed E-state index contributed by atoms with van der Waals surface area (Å²) in [5, 5.41) is 43.2. The first kappa shape index (κ1) is 34.0. The smallest absolute Gasteiger partial charge is 0.407 e. The van der Waals surface area contributed by atoms with Gasteiger partial charge < -0.3 is 44.2 Å². The number of hydrogen-bond donors (Lipinski definition) is 3. The fourth-order valence-corrected chi connectivity index (χ4v) is 6.68. The van der Waals surface area contributed by atoms with E-state index >= 15 is 0 Å². The first-order valence-corrected chi connectivity index (χ1v) is 15.8. The number of hydrogen-bond acceptors (Lipinski definition) is 11. The van der Waals surface area contributed by atoms with E-state index in [4.69, 9.17) is 19.0 Å². The number of carbonyl (C=O) groups excluding carboxylic acids is 1. The molecule has 3 N–H and O–H groups in total. The van der Waals surface area contributed by atoms with Crippen LogP contribution in [0.1, 0.15) is 31.7 Å². The molecule has 3 fully saturated rings. The van der Waals surface area contributed by atoms with Crippen molar-refractivity contribution >= 4 is 17.7 Å². The van der Waals surface area contributed by atoms with Gasteiger partial charge in [-0.3, -0.25) is 4.79 Å². The average Bonchev–Trinajstić information content (AvgIpc) is 3.77. The molecule has 1 unspecified atom stereocenters. The summed E-state index contributed by atoms with van der Waals surface area (Å²) in [5.41, 5.74) is 0.668. The van der Waals surface area contributed by atoms with Gasteiger partial charge in [0, 0.05) is 50.5 Å². The largest absolute Gasteiger partial charge is 0.465 e. The molecule has 6 rings (SSSR count). The average molecular weight is 683 g/mol. The maximum Gasteiger partial charge on any atom is 0.407 e. The number of aliphatic hydroxyl groups excluding tert-OH is 2. The normalized spacial score (nSPS) is 28.3. The highest BCUT2D eigenvalue weighted by atomic mass is 19.2. The summed E-state index contributed by atoms with van der Waals surface area (Å²) in [4.78, 5) is 33.1. The molecular formula is C30H37F3N6O9. The Hall–Kier alpha value is -3.84. The topological polar surface area (TPSA) is 181 Å². The highest BCUT2D eigenvalue weighted by molar-refractivity contribution is 5.88. The number of benzene rings is 1. The standard InChI is InChI=1S/C30H37F3N6O9/c31-19-9-17(10-20(32)26(19)33)22-13-39(36-34-22)27-28(42)24(14-40)47-23(29(27)46-15-25(41)37-5-7-45-8-6-37)12-18-11-21(35-48-18)16-1-3-38(4-2-16)30(43)44/h9-10,13,16,18,23-24,27-29,40,42H,1-8,11-12,14-15H2,(H,43,44)/t18?,23-,24-,27+,28+,29+/m1/s1. The van der Waals surface area contributed by atoms with Crippen LogP contribution in [0.4, 0.5) is 18.0 Å². The van der Waals surface area contributed by atoms with Gasteiger partial charge in [0.2, 0.25) is 5.91 Å². The number of oxime groups is 1. The van der Waals surface area contributed by atoms with Gasteiger partial charge >= 0.3 is 6.09 Å². The lowest BCUT2D eigenvalue weighted by Gasteiger charge is -2.44. The Morgan fingerprint density at radius 2 is 1.73 bits per heavy atom. The van der Waals surface area contributed by atoms with Crippen molar-refractivity contribution in [1.29, 1.82) is 0 Å². The Morgan fingerprint density at radius 1 is 1.02 bits per heavy atom. The SMILES string of the molecule is O=C(O)N1CCC(C2=NOC(C[C@H]3O[C@H](CO)[C@H](O)[C@H](n4cc(-c5cc(F)c(F)c(F)c5)nn4)[C@H]3OCC(=O)N3CCOCC3)C2)CC1. The van der Waals surface area contributed by atoms with E-state index in [1.54, 1.807) is 4.90 Å². The molecule has 262 valence electrons. The van der Waals surface area contributed by atoms with Crippen LogP contribution in [0.15, 0.2) is 23.5 Å². The van der Waals surface area contributed by atoms with Crippen LogP contribution in [0.25, 0.3) is 11.3 Å². The number of halogens is 3. The molecule has 15 nitrogen and oxygen atoms in total. The molecule has 0 radical (unpaired) electrons. The Morgan fingerprint density at radius 3 is 2.40 bits per heavy atom. The molecule has 1 aromatic carbocycles. The van der Waals surface area contributed by atoms with E-state index in [1.165, 1.54) is 15.8 Å². The summed E-state index contributed by atoms with van der Waals surface area (Å²) in [6, 6.07) is 0.432. The second-order valence-electron chi connectivity index (χ2n) is 12.3. The third kappa shape index (κ3) is 7.26. The van der Waals surface area contributed by atoms with E-state index < -0.39 is 66.7 Å². The predicted octanol–water partition coefficient (Wildman–Crippen LogP) is 1.19. The second-order valence-corrected chi connectivity index (χ2v) is 12.3. The Balaban J connectivity index is 1.23. The lowest BCUT2D eigenvalue weighted by molar-refractivity contribution is -0.225. The fraction of sp³-hybridized carbons (Fsp3) is 0.633. The van der Waals surface area contributed by atoms with Crippen LogP contribution in [-0.2, 0) is 23.8 Å². The molecule has 2 amide bonds. The summed E-state index contributed by atoms with van der Waals surface area (Å²) in [7, 11) is 0. The van der Waals surface area contributed by atoms with E-state index in [0.717, 1.165) is 17.8 Å². The summed E-state index contributed by atoms with van der Waals surface area (Å²) < 4.78 is 60.5. The van der Waals surface area contributed by atoms with Gasteiger partial charge in [0.05, 0.1) is 37.8 Å². The number of piperidine rings is 1.